The van der Waals surface area contributed by atoms with Crippen LogP contribution in [0, 0.1) is 0 Å². The number of rotatable bonds is 7. The molecular formula is C22H21N5OS. The van der Waals surface area contributed by atoms with Gasteiger partial charge in [-0.2, -0.15) is 0 Å². The minimum Gasteiger partial charge on any atom is -0.360 e. The Morgan fingerprint density at radius 1 is 1.07 bits per heavy atom. The molecule has 0 saturated carbocycles. The van der Waals surface area contributed by atoms with Crippen molar-refractivity contribution in [3.05, 3.63) is 60.2 Å². The fourth-order valence-corrected chi connectivity index (χ4v) is 3.96. The van der Waals surface area contributed by atoms with Crippen LogP contribution in [0.3, 0.4) is 0 Å². The number of anilines is 1. The van der Waals surface area contributed by atoms with E-state index in [4.69, 9.17) is 9.97 Å². The highest BCUT2D eigenvalue weighted by atomic mass is 32.1. The first-order valence-corrected chi connectivity index (χ1v) is 10.4. The van der Waals surface area contributed by atoms with E-state index in [1.165, 1.54) is 0 Å². The number of pyridine rings is 1. The minimum atomic E-state index is -0.0574. The van der Waals surface area contributed by atoms with Crippen LogP contribution in [0.25, 0.3) is 32.7 Å². The summed E-state index contributed by atoms with van der Waals surface area (Å²) in [4.78, 5) is 26.7. The van der Waals surface area contributed by atoms with Crippen molar-refractivity contribution in [2.75, 3.05) is 18.4 Å². The number of thiophene rings is 1. The van der Waals surface area contributed by atoms with Crippen molar-refractivity contribution in [3.8, 4) is 22.5 Å². The van der Waals surface area contributed by atoms with E-state index in [-0.39, 0.29) is 12.5 Å². The lowest BCUT2D eigenvalue weighted by atomic mass is 10.1. The number of carbonyl (C=O) groups excluding carboxylic acids is 1. The molecule has 4 rings (SSSR count). The Kier molecular flexibility index (Phi) is 5.76. The first-order chi connectivity index (χ1) is 14.3. The third kappa shape index (κ3) is 4.25. The Morgan fingerprint density at radius 3 is 2.66 bits per heavy atom. The van der Waals surface area contributed by atoms with E-state index in [0.717, 1.165) is 33.3 Å². The molecule has 0 aliphatic carbocycles. The molecule has 0 saturated heterocycles. The largest absolute Gasteiger partial charge is 0.360 e. The van der Waals surface area contributed by atoms with E-state index in [0.29, 0.717) is 18.2 Å². The zero-order valence-corrected chi connectivity index (χ0v) is 16.9. The topological polar surface area (TPSA) is 79.8 Å². The second-order valence-corrected chi connectivity index (χ2v) is 7.39. The number of hydrogen-bond donors (Lipinski definition) is 2. The Balaban J connectivity index is 1.77. The summed E-state index contributed by atoms with van der Waals surface area (Å²) >= 11 is 1.57. The number of aromatic nitrogens is 3. The summed E-state index contributed by atoms with van der Waals surface area (Å²) in [5, 5.41) is 9.13. The number of amides is 1. The predicted molar refractivity (Wildman–Crippen MR) is 118 cm³/mol. The molecule has 6 nitrogen and oxygen atoms in total. The van der Waals surface area contributed by atoms with Crippen LogP contribution in [0.2, 0.25) is 0 Å². The van der Waals surface area contributed by atoms with Gasteiger partial charge in [-0.05, 0) is 24.1 Å². The van der Waals surface area contributed by atoms with Gasteiger partial charge in [-0.25, -0.2) is 9.97 Å². The highest BCUT2D eigenvalue weighted by Gasteiger charge is 2.17. The van der Waals surface area contributed by atoms with Crippen molar-refractivity contribution in [2.45, 2.75) is 13.3 Å². The van der Waals surface area contributed by atoms with Crippen molar-refractivity contribution in [1.82, 2.24) is 20.3 Å². The first kappa shape index (κ1) is 19.0. The zero-order chi connectivity index (χ0) is 20.1. The molecule has 146 valence electrons. The van der Waals surface area contributed by atoms with Crippen molar-refractivity contribution >= 4 is 33.3 Å². The highest BCUT2D eigenvalue weighted by molar-refractivity contribution is 7.17. The van der Waals surface area contributed by atoms with Gasteiger partial charge >= 0.3 is 0 Å². The van der Waals surface area contributed by atoms with Crippen LogP contribution in [0.15, 0.2) is 60.2 Å². The van der Waals surface area contributed by atoms with Gasteiger partial charge in [-0.3, -0.25) is 9.78 Å². The summed E-state index contributed by atoms with van der Waals surface area (Å²) in [5.74, 6) is 1.18. The molecule has 0 atom stereocenters. The molecule has 0 bridgehead atoms. The maximum atomic E-state index is 12.1. The van der Waals surface area contributed by atoms with E-state index in [9.17, 15) is 4.79 Å². The van der Waals surface area contributed by atoms with Gasteiger partial charge in [0.25, 0.3) is 0 Å². The summed E-state index contributed by atoms with van der Waals surface area (Å²) in [6.07, 6.45) is 4.36. The van der Waals surface area contributed by atoms with Crippen molar-refractivity contribution in [1.29, 1.82) is 0 Å². The molecule has 4 aromatic rings. The maximum absolute atomic E-state index is 12.1. The van der Waals surface area contributed by atoms with Gasteiger partial charge in [-0.1, -0.05) is 37.3 Å². The Labute approximate surface area is 173 Å². The summed E-state index contributed by atoms with van der Waals surface area (Å²) in [6, 6.07) is 13.9. The van der Waals surface area contributed by atoms with Crippen LogP contribution in [-0.2, 0) is 4.79 Å². The summed E-state index contributed by atoms with van der Waals surface area (Å²) in [7, 11) is 0. The van der Waals surface area contributed by atoms with Crippen molar-refractivity contribution in [2.24, 2.45) is 0 Å². The quantitative estimate of drug-likeness (QED) is 0.479. The molecule has 0 radical (unpaired) electrons. The standard InChI is InChI=1S/C22H21N5OS/c1-2-10-24-18(28)13-25-21-19-17(15-7-4-3-5-8-15)14-29-22(19)27-20(26-21)16-9-6-11-23-12-16/h3-9,11-12,14H,2,10,13H2,1H3,(H,24,28)(H,25,26,27). The number of carbonyl (C=O) groups is 1. The van der Waals surface area contributed by atoms with Crippen LogP contribution in [0.1, 0.15) is 13.3 Å². The maximum Gasteiger partial charge on any atom is 0.239 e. The molecule has 0 spiro atoms. The minimum absolute atomic E-state index is 0.0574. The number of fused-ring (bicyclic) bond motifs is 1. The molecule has 1 amide bonds. The smallest absolute Gasteiger partial charge is 0.239 e. The van der Waals surface area contributed by atoms with E-state index in [1.54, 1.807) is 23.7 Å². The lowest BCUT2D eigenvalue weighted by molar-refractivity contribution is -0.119. The Morgan fingerprint density at radius 2 is 1.90 bits per heavy atom. The molecule has 0 aliphatic rings. The number of hydrogen-bond acceptors (Lipinski definition) is 6. The second-order valence-electron chi connectivity index (χ2n) is 6.54. The SMILES string of the molecule is CCCNC(=O)CNc1nc(-c2cccnc2)nc2scc(-c3ccccc3)c12. The fraction of sp³-hybridized carbons (Fsp3) is 0.182. The molecule has 0 fully saturated rings. The summed E-state index contributed by atoms with van der Waals surface area (Å²) < 4.78 is 0. The number of nitrogens with one attached hydrogen (secondary N) is 2. The first-order valence-electron chi connectivity index (χ1n) is 9.52. The van der Waals surface area contributed by atoms with Crippen molar-refractivity contribution in [3.63, 3.8) is 0 Å². The monoisotopic (exact) mass is 403 g/mol. The molecule has 0 aliphatic heterocycles. The average Bonchev–Trinajstić information content (AvgIpc) is 3.21. The van der Waals surface area contributed by atoms with E-state index in [1.807, 2.05) is 37.3 Å². The zero-order valence-electron chi connectivity index (χ0n) is 16.1. The molecule has 0 unspecified atom stereocenters. The molecule has 3 heterocycles. The molecule has 1 aromatic carbocycles. The molecule has 7 heteroatoms. The number of benzene rings is 1. The van der Waals surface area contributed by atoms with E-state index in [2.05, 4.69) is 33.1 Å². The molecular weight excluding hydrogens is 382 g/mol. The number of nitrogens with zero attached hydrogens (tertiary/aromatic N) is 3. The molecule has 3 aromatic heterocycles. The van der Waals surface area contributed by atoms with E-state index >= 15 is 0 Å². The van der Waals surface area contributed by atoms with Gasteiger partial charge < -0.3 is 10.6 Å². The lowest BCUT2D eigenvalue weighted by Crippen LogP contribution is -2.30. The average molecular weight is 404 g/mol. The van der Waals surface area contributed by atoms with Gasteiger partial charge in [0, 0.05) is 35.4 Å². The second kappa shape index (κ2) is 8.79. The Bertz CT molecular complexity index is 1110. The third-order valence-electron chi connectivity index (χ3n) is 4.43. The molecule has 29 heavy (non-hydrogen) atoms. The summed E-state index contributed by atoms with van der Waals surface area (Å²) in [5.41, 5.74) is 2.98. The van der Waals surface area contributed by atoms with E-state index < -0.39 is 0 Å². The van der Waals surface area contributed by atoms with Crippen LogP contribution in [-0.4, -0.2) is 33.9 Å². The van der Waals surface area contributed by atoms with Crippen LogP contribution < -0.4 is 10.6 Å². The summed E-state index contributed by atoms with van der Waals surface area (Å²) in [6.45, 7) is 2.84. The van der Waals surface area contributed by atoms with Crippen LogP contribution in [0.5, 0.6) is 0 Å². The molecule has 2 N–H and O–H groups in total. The van der Waals surface area contributed by atoms with Gasteiger partial charge in [0.2, 0.25) is 5.91 Å². The Hall–Kier alpha value is -3.32. The highest BCUT2D eigenvalue weighted by Crippen LogP contribution is 2.37. The van der Waals surface area contributed by atoms with Crippen LogP contribution in [0.4, 0.5) is 5.82 Å². The fourth-order valence-electron chi connectivity index (χ4n) is 3.01. The van der Waals surface area contributed by atoms with Gasteiger partial charge in [0.15, 0.2) is 5.82 Å². The predicted octanol–water partition coefficient (Wildman–Crippen LogP) is 4.36. The van der Waals surface area contributed by atoms with Gasteiger partial charge in [0.05, 0.1) is 11.9 Å². The normalized spacial score (nSPS) is 10.8. The third-order valence-corrected chi connectivity index (χ3v) is 5.30. The van der Waals surface area contributed by atoms with Gasteiger partial charge in [0.1, 0.15) is 10.6 Å². The lowest BCUT2D eigenvalue weighted by Gasteiger charge is -2.11. The van der Waals surface area contributed by atoms with Gasteiger partial charge in [-0.15, -0.1) is 11.3 Å². The van der Waals surface area contributed by atoms with Crippen molar-refractivity contribution < 1.29 is 4.79 Å². The van der Waals surface area contributed by atoms with Crippen LogP contribution >= 0.6 is 11.3 Å².